The Morgan fingerprint density at radius 3 is 2.12 bits per heavy atom. The summed E-state index contributed by atoms with van der Waals surface area (Å²) < 4.78 is 0. The lowest BCUT2D eigenvalue weighted by molar-refractivity contribution is -0.135. The molecule has 6 heteroatoms. The lowest BCUT2D eigenvalue weighted by atomic mass is 9.86. The molecule has 3 N–H and O–H groups in total. The predicted octanol–water partition coefficient (Wildman–Crippen LogP) is 2.84. The Morgan fingerprint density at radius 1 is 1.08 bits per heavy atom. The molecule has 2 amide bonds. The van der Waals surface area contributed by atoms with E-state index >= 15 is 0 Å². The summed E-state index contributed by atoms with van der Waals surface area (Å²) in [5.74, 6) is -1.54. The zero-order chi connectivity index (χ0) is 19.9. The van der Waals surface area contributed by atoms with Gasteiger partial charge in [-0.3, -0.25) is 19.6 Å². The largest absolute Gasteiger partial charge is 0.348 e. The Morgan fingerprint density at radius 2 is 1.65 bits per heavy atom. The third-order valence-corrected chi connectivity index (χ3v) is 4.18. The maximum absolute atomic E-state index is 12.3. The van der Waals surface area contributed by atoms with Crippen molar-refractivity contribution in [2.75, 3.05) is 6.54 Å². The molecule has 0 saturated heterocycles. The van der Waals surface area contributed by atoms with Crippen molar-refractivity contribution in [3.05, 3.63) is 35.4 Å². The van der Waals surface area contributed by atoms with Crippen LogP contribution in [0.5, 0.6) is 0 Å². The first-order valence-electron chi connectivity index (χ1n) is 8.89. The maximum Gasteiger partial charge on any atom is 0.244 e. The molecule has 1 unspecified atom stereocenters. The van der Waals surface area contributed by atoms with E-state index in [0.717, 1.165) is 5.56 Å². The molecule has 144 valence electrons. The van der Waals surface area contributed by atoms with Crippen LogP contribution in [0.15, 0.2) is 24.3 Å². The molecule has 1 atom stereocenters. The van der Waals surface area contributed by atoms with Crippen molar-refractivity contribution < 1.29 is 19.6 Å². The van der Waals surface area contributed by atoms with Crippen molar-refractivity contribution in [3.63, 3.8) is 0 Å². The van der Waals surface area contributed by atoms with E-state index in [9.17, 15) is 14.4 Å². The Labute approximate surface area is 155 Å². The second kappa shape index (κ2) is 9.48. The van der Waals surface area contributed by atoms with E-state index in [2.05, 4.69) is 26.1 Å². The van der Waals surface area contributed by atoms with E-state index in [0.29, 0.717) is 12.0 Å². The zero-order valence-corrected chi connectivity index (χ0v) is 16.3. The molecule has 0 aliphatic rings. The van der Waals surface area contributed by atoms with Crippen LogP contribution in [0.3, 0.4) is 0 Å². The number of carbonyl (C=O) groups is 3. The van der Waals surface area contributed by atoms with Crippen LogP contribution < -0.4 is 10.8 Å². The van der Waals surface area contributed by atoms with Gasteiger partial charge in [-0.05, 0) is 23.3 Å². The van der Waals surface area contributed by atoms with Gasteiger partial charge in [0.15, 0.2) is 5.78 Å². The first-order chi connectivity index (χ1) is 12.0. The molecule has 1 aromatic carbocycles. The van der Waals surface area contributed by atoms with E-state index in [-0.39, 0.29) is 36.0 Å². The summed E-state index contributed by atoms with van der Waals surface area (Å²) in [6, 6.07) is 7.37. The minimum Gasteiger partial charge on any atom is -0.348 e. The average molecular weight is 362 g/mol. The van der Waals surface area contributed by atoms with E-state index < -0.39 is 11.8 Å². The molecule has 0 aliphatic carbocycles. The van der Waals surface area contributed by atoms with Gasteiger partial charge in [0.1, 0.15) is 0 Å². The second-order valence-corrected chi connectivity index (χ2v) is 8.03. The molecule has 0 bridgehead atoms. The van der Waals surface area contributed by atoms with E-state index in [1.54, 1.807) is 17.6 Å². The topological polar surface area (TPSA) is 95.5 Å². The molecule has 1 aromatic rings. The highest BCUT2D eigenvalue weighted by molar-refractivity contribution is 5.99. The zero-order valence-electron chi connectivity index (χ0n) is 16.3. The normalized spacial score (nSPS) is 12.6. The molecular formula is C20H30N2O4. The molecule has 0 spiro atoms. The average Bonchev–Trinajstić information content (AvgIpc) is 2.57. The standard InChI is InChI=1S/C20H30N2O4/c1-13(2)10-15(11-18(24)22-26)19(25)21-12-17(23)14-6-8-16(9-7-14)20(3,4)5/h6-9,13,15,26H,10-12H2,1-5H3,(H,21,25)(H,22,24). The lowest BCUT2D eigenvalue weighted by Gasteiger charge is -2.19. The number of hydroxylamine groups is 1. The van der Waals surface area contributed by atoms with Crippen LogP contribution in [0, 0.1) is 11.8 Å². The van der Waals surface area contributed by atoms with E-state index in [4.69, 9.17) is 5.21 Å². The highest BCUT2D eigenvalue weighted by Crippen LogP contribution is 2.22. The van der Waals surface area contributed by atoms with Crippen molar-refractivity contribution >= 4 is 17.6 Å². The van der Waals surface area contributed by atoms with Crippen molar-refractivity contribution in [1.29, 1.82) is 0 Å². The van der Waals surface area contributed by atoms with Crippen molar-refractivity contribution in [1.82, 2.24) is 10.8 Å². The Balaban J connectivity index is 2.68. The summed E-state index contributed by atoms with van der Waals surface area (Å²) in [7, 11) is 0. The molecule has 26 heavy (non-hydrogen) atoms. The predicted molar refractivity (Wildman–Crippen MR) is 100.0 cm³/mol. The van der Waals surface area contributed by atoms with Gasteiger partial charge in [0.05, 0.1) is 6.54 Å². The van der Waals surface area contributed by atoms with Gasteiger partial charge in [0.2, 0.25) is 11.8 Å². The molecule has 0 aliphatic heterocycles. The van der Waals surface area contributed by atoms with Gasteiger partial charge in [-0.1, -0.05) is 58.9 Å². The third kappa shape index (κ3) is 6.96. The van der Waals surface area contributed by atoms with Crippen LogP contribution in [-0.4, -0.2) is 29.3 Å². The molecule has 6 nitrogen and oxygen atoms in total. The number of rotatable bonds is 8. The molecule has 0 saturated carbocycles. The fourth-order valence-electron chi connectivity index (χ4n) is 2.69. The van der Waals surface area contributed by atoms with Gasteiger partial charge in [0, 0.05) is 17.9 Å². The van der Waals surface area contributed by atoms with Crippen LogP contribution in [0.2, 0.25) is 0 Å². The van der Waals surface area contributed by atoms with Crippen molar-refractivity contribution in [3.8, 4) is 0 Å². The molecule has 0 fully saturated rings. The van der Waals surface area contributed by atoms with Crippen LogP contribution >= 0.6 is 0 Å². The number of ketones is 1. The summed E-state index contributed by atoms with van der Waals surface area (Å²) in [4.78, 5) is 36.0. The van der Waals surface area contributed by atoms with Gasteiger partial charge in [-0.15, -0.1) is 0 Å². The van der Waals surface area contributed by atoms with Gasteiger partial charge >= 0.3 is 0 Å². The first-order valence-corrected chi connectivity index (χ1v) is 8.89. The maximum atomic E-state index is 12.3. The van der Waals surface area contributed by atoms with Gasteiger partial charge in [-0.2, -0.15) is 0 Å². The number of amides is 2. The summed E-state index contributed by atoms with van der Waals surface area (Å²) in [6.07, 6.45) is 0.378. The fraction of sp³-hybridized carbons (Fsp3) is 0.550. The number of benzene rings is 1. The number of nitrogens with one attached hydrogen (secondary N) is 2. The van der Waals surface area contributed by atoms with Crippen LogP contribution in [0.25, 0.3) is 0 Å². The summed E-state index contributed by atoms with van der Waals surface area (Å²) in [5, 5.41) is 11.3. The molecule has 1 rings (SSSR count). The van der Waals surface area contributed by atoms with Crippen LogP contribution in [0.1, 0.15) is 63.4 Å². The summed E-state index contributed by atoms with van der Waals surface area (Å²) in [6.45, 7) is 10.1. The van der Waals surface area contributed by atoms with Gasteiger partial charge in [-0.25, -0.2) is 5.48 Å². The second-order valence-electron chi connectivity index (χ2n) is 8.03. The highest BCUT2D eigenvalue weighted by atomic mass is 16.5. The van der Waals surface area contributed by atoms with E-state index in [1.165, 1.54) is 0 Å². The minimum absolute atomic E-state index is 0.00708. The molecule has 0 aromatic heterocycles. The molecule has 0 radical (unpaired) electrons. The smallest absolute Gasteiger partial charge is 0.244 e. The lowest BCUT2D eigenvalue weighted by Crippen LogP contribution is -2.37. The fourth-order valence-corrected chi connectivity index (χ4v) is 2.69. The number of Topliss-reactive ketones (excluding diaryl/α,β-unsaturated/α-hetero) is 1. The Kier molecular flexibility index (Phi) is 7.96. The Hall–Kier alpha value is -2.21. The Bertz CT molecular complexity index is 630. The minimum atomic E-state index is -0.616. The van der Waals surface area contributed by atoms with Gasteiger partial charge in [0.25, 0.3) is 0 Å². The SMILES string of the molecule is CC(C)CC(CC(=O)NO)C(=O)NCC(=O)c1ccc(C(C)(C)C)cc1. The quantitative estimate of drug-likeness (QED) is 0.376. The van der Waals surface area contributed by atoms with Crippen LogP contribution in [-0.2, 0) is 15.0 Å². The third-order valence-electron chi connectivity index (χ3n) is 4.18. The first kappa shape index (κ1) is 21.8. The van der Waals surface area contributed by atoms with Crippen molar-refractivity contribution in [2.24, 2.45) is 11.8 Å². The van der Waals surface area contributed by atoms with Crippen LogP contribution in [0.4, 0.5) is 0 Å². The number of hydrogen-bond acceptors (Lipinski definition) is 4. The highest BCUT2D eigenvalue weighted by Gasteiger charge is 2.23. The number of hydrogen-bond donors (Lipinski definition) is 3. The molecular weight excluding hydrogens is 332 g/mol. The van der Waals surface area contributed by atoms with Gasteiger partial charge < -0.3 is 5.32 Å². The molecule has 0 heterocycles. The van der Waals surface area contributed by atoms with Crippen molar-refractivity contribution in [2.45, 2.75) is 52.9 Å². The van der Waals surface area contributed by atoms with E-state index in [1.807, 2.05) is 26.0 Å². The summed E-state index contributed by atoms with van der Waals surface area (Å²) in [5.41, 5.74) is 3.22. The monoisotopic (exact) mass is 362 g/mol. The number of carbonyl (C=O) groups excluding carboxylic acids is 3. The summed E-state index contributed by atoms with van der Waals surface area (Å²) >= 11 is 0.